The van der Waals surface area contributed by atoms with Crippen LogP contribution < -0.4 is 0 Å². The summed E-state index contributed by atoms with van der Waals surface area (Å²) in [5.74, 6) is -1.86. The fourth-order valence-electron chi connectivity index (χ4n) is 2.45. The molecule has 1 aliphatic heterocycles. The lowest BCUT2D eigenvalue weighted by Gasteiger charge is -2.13. The van der Waals surface area contributed by atoms with Crippen LogP contribution >= 0.6 is 23.2 Å². The number of benzene rings is 2. The number of imide groups is 1. The minimum atomic E-state index is -0.674. The number of aryl methyl sites for hydroxylation is 1. The van der Waals surface area contributed by atoms with Crippen LogP contribution in [-0.2, 0) is 16.1 Å². The van der Waals surface area contributed by atoms with Gasteiger partial charge in [0, 0.05) is 0 Å². The summed E-state index contributed by atoms with van der Waals surface area (Å²) in [6.45, 7) is 1.56. The smallest absolute Gasteiger partial charge is 0.326 e. The van der Waals surface area contributed by atoms with E-state index in [0.717, 1.165) is 16.0 Å². The van der Waals surface area contributed by atoms with Gasteiger partial charge in [0.1, 0.15) is 13.2 Å². The summed E-state index contributed by atoms with van der Waals surface area (Å²) >= 11 is 11.8. The van der Waals surface area contributed by atoms with Crippen LogP contribution in [-0.4, -0.2) is 29.2 Å². The summed E-state index contributed by atoms with van der Waals surface area (Å²) in [5, 5.41) is 0.343. The number of nitrogens with zero attached hydrogens (tertiary/aromatic N) is 1. The Kier molecular flexibility index (Phi) is 4.79. The third-order valence-corrected chi connectivity index (χ3v) is 4.54. The number of hydrogen-bond donors (Lipinski definition) is 0. The van der Waals surface area contributed by atoms with Crippen molar-refractivity contribution in [1.29, 1.82) is 0 Å². The summed E-state index contributed by atoms with van der Waals surface area (Å²) < 4.78 is 5.14. The molecule has 0 N–H and O–H groups in total. The van der Waals surface area contributed by atoms with Crippen molar-refractivity contribution in [2.24, 2.45) is 0 Å². The lowest BCUT2D eigenvalue weighted by Crippen LogP contribution is -2.35. The van der Waals surface area contributed by atoms with E-state index in [1.54, 1.807) is 0 Å². The molecule has 2 aromatic carbocycles. The third kappa shape index (κ3) is 3.52. The summed E-state index contributed by atoms with van der Waals surface area (Å²) in [7, 11) is 0. The van der Waals surface area contributed by atoms with Crippen molar-refractivity contribution in [2.75, 3.05) is 6.54 Å². The van der Waals surface area contributed by atoms with Crippen LogP contribution in [0.3, 0.4) is 0 Å². The van der Waals surface area contributed by atoms with E-state index >= 15 is 0 Å². The Bertz CT molecular complexity index is 836. The van der Waals surface area contributed by atoms with Gasteiger partial charge in [0.2, 0.25) is 0 Å². The number of carbonyl (C=O) groups excluding carboxylic acids is 3. The van der Waals surface area contributed by atoms with E-state index in [2.05, 4.69) is 0 Å². The highest BCUT2D eigenvalue weighted by Gasteiger charge is 2.37. The zero-order chi connectivity index (χ0) is 18.1. The van der Waals surface area contributed by atoms with Gasteiger partial charge >= 0.3 is 5.97 Å². The van der Waals surface area contributed by atoms with E-state index in [-0.39, 0.29) is 27.8 Å². The van der Waals surface area contributed by atoms with Crippen molar-refractivity contribution in [3.63, 3.8) is 0 Å². The van der Waals surface area contributed by atoms with Crippen molar-refractivity contribution in [1.82, 2.24) is 4.90 Å². The first-order valence-corrected chi connectivity index (χ1v) is 8.19. The van der Waals surface area contributed by atoms with Gasteiger partial charge in [0.15, 0.2) is 0 Å². The van der Waals surface area contributed by atoms with E-state index < -0.39 is 24.3 Å². The molecule has 0 aliphatic carbocycles. The van der Waals surface area contributed by atoms with Gasteiger partial charge in [-0.25, -0.2) is 0 Å². The maximum Gasteiger partial charge on any atom is 0.326 e. The minimum Gasteiger partial charge on any atom is -0.459 e. The largest absolute Gasteiger partial charge is 0.459 e. The molecule has 0 radical (unpaired) electrons. The molecule has 2 amide bonds. The van der Waals surface area contributed by atoms with Crippen molar-refractivity contribution in [3.8, 4) is 0 Å². The van der Waals surface area contributed by atoms with Crippen molar-refractivity contribution < 1.29 is 19.1 Å². The lowest BCUT2D eigenvalue weighted by atomic mass is 10.1. The zero-order valence-corrected chi connectivity index (χ0v) is 14.7. The van der Waals surface area contributed by atoms with Crippen LogP contribution in [0, 0.1) is 6.92 Å². The predicted molar refractivity (Wildman–Crippen MR) is 92.8 cm³/mol. The molecule has 25 heavy (non-hydrogen) atoms. The summed E-state index contributed by atoms with van der Waals surface area (Å²) in [4.78, 5) is 37.5. The Hall–Kier alpha value is -2.37. The van der Waals surface area contributed by atoms with Crippen LogP contribution in [0.25, 0.3) is 0 Å². The first-order chi connectivity index (χ1) is 11.9. The van der Waals surface area contributed by atoms with Crippen LogP contribution in [0.1, 0.15) is 31.8 Å². The molecule has 128 valence electrons. The molecule has 0 aromatic heterocycles. The monoisotopic (exact) mass is 377 g/mol. The van der Waals surface area contributed by atoms with Crippen LogP contribution in [0.15, 0.2) is 36.4 Å². The Morgan fingerprint density at radius 1 is 1.00 bits per heavy atom. The average molecular weight is 378 g/mol. The Labute approximate surface area is 154 Å². The fraction of sp³-hybridized carbons (Fsp3) is 0.167. The maximum atomic E-state index is 12.3. The number of halogens is 2. The van der Waals surface area contributed by atoms with Crippen molar-refractivity contribution in [3.05, 3.63) is 68.7 Å². The SMILES string of the molecule is Cc1ccc(COC(=O)CN2C(=O)c3cc(Cl)c(Cl)cc3C2=O)cc1. The molecule has 1 heterocycles. The molecule has 5 nitrogen and oxygen atoms in total. The van der Waals surface area contributed by atoms with Gasteiger partial charge in [-0.1, -0.05) is 53.0 Å². The second kappa shape index (κ2) is 6.86. The summed E-state index contributed by atoms with van der Waals surface area (Å²) in [5.41, 5.74) is 2.18. The molecule has 0 saturated carbocycles. The normalized spacial score (nSPS) is 13.2. The molecule has 3 rings (SSSR count). The highest BCUT2D eigenvalue weighted by molar-refractivity contribution is 6.43. The number of carbonyl (C=O) groups is 3. The van der Waals surface area contributed by atoms with Gasteiger partial charge < -0.3 is 4.74 Å². The van der Waals surface area contributed by atoms with Gasteiger partial charge in [-0.2, -0.15) is 0 Å². The number of amides is 2. The fourth-order valence-corrected chi connectivity index (χ4v) is 2.78. The number of ether oxygens (including phenoxy) is 1. The number of fused-ring (bicyclic) bond motifs is 1. The topological polar surface area (TPSA) is 63.7 Å². The standard InChI is InChI=1S/C18H13Cl2NO4/c1-10-2-4-11(5-3-10)9-25-16(22)8-21-17(23)12-6-14(19)15(20)7-13(12)18(21)24/h2-7H,8-9H2,1H3. The minimum absolute atomic E-state index is 0.0694. The van der Waals surface area contributed by atoms with E-state index in [0.29, 0.717) is 0 Å². The molecule has 0 unspecified atom stereocenters. The Morgan fingerprint density at radius 2 is 1.52 bits per heavy atom. The molecule has 0 bridgehead atoms. The van der Waals surface area contributed by atoms with E-state index in [1.807, 2.05) is 31.2 Å². The van der Waals surface area contributed by atoms with Gasteiger partial charge in [-0.3, -0.25) is 19.3 Å². The van der Waals surface area contributed by atoms with E-state index in [1.165, 1.54) is 12.1 Å². The van der Waals surface area contributed by atoms with Crippen LogP contribution in [0.2, 0.25) is 10.0 Å². The van der Waals surface area contributed by atoms with E-state index in [9.17, 15) is 14.4 Å². The molecule has 0 fully saturated rings. The van der Waals surface area contributed by atoms with E-state index in [4.69, 9.17) is 27.9 Å². The number of hydrogen-bond acceptors (Lipinski definition) is 4. The Balaban J connectivity index is 1.67. The van der Waals surface area contributed by atoms with Gasteiger partial charge in [-0.05, 0) is 24.6 Å². The highest BCUT2D eigenvalue weighted by Crippen LogP contribution is 2.31. The summed E-state index contributed by atoms with van der Waals surface area (Å²) in [6.07, 6.45) is 0. The molecule has 1 aliphatic rings. The van der Waals surface area contributed by atoms with Crippen molar-refractivity contribution in [2.45, 2.75) is 13.5 Å². The quantitative estimate of drug-likeness (QED) is 0.602. The first kappa shape index (κ1) is 17.5. The zero-order valence-electron chi connectivity index (χ0n) is 13.2. The highest BCUT2D eigenvalue weighted by atomic mass is 35.5. The average Bonchev–Trinajstić information content (AvgIpc) is 2.80. The first-order valence-electron chi connectivity index (χ1n) is 7.43. The molecular weight excluding hydrogens is 365 g/mol. The van der Waals surface area contributed by atoms with Crippen molar-refractivity contribution >= 4 is 41.0 Å². The molecule has 7 heteroatoms. The molecule has 0 atom stereocenters. The number of rotatable bonds is 4. The summed E-state index contributed by atoms with van der Waals surface area (Å²) in [6, 6.07) is 10.2. The van der Waals surface area contributed by atoms with Gasteiger partial charge in [0.05, 0.1) is 21.2 Å². The molecular formula is C18H13Cl2NO4. The van der Waals surface area contributed by atoms with Crippen LogP contribution in [0.5, 0.6) is 0 Å². The second-order valence-corrected chi connectivity index (χ2v) is 6.47. The number of esters is 1. The van der Waals surface area contributed by atoms with Gasteiger partial charge in [-0.15, -0.1) is 0 Å². The molecule has 2 aromatic rings. The Morgan fingerprint density at radius 3 is 2.04 bits per heavy atom. The van der Waals surface area contributed by atoms with Crippen LogP contribution in [0.4, 0.5) is 0 Å². The third-order valence-electron chi connectivity index (χ3n) is 3.82. The second-order valence-electron chi connectivity index (χ2n) is 5.65. The maximum absolute atomic E-state index is 12.3. The van der Waals surface area contributed by atoms with Gasteiger partial charge in [0.25, 0.3) is 11.8 Å². The molecule has 0 saturated heterocycles. The molecule has 0 spiro atoms. The predicted octanol–water partition coefficient (Wildman–Crippen LogP) is 3.64. The lowest BCUT2D eigenvalue weighted by molar-refractivity contribution is -0.145.